The molecule has 2 aromatic rings. The van der Waals surface area contributed by atoms with E-state index in [-0.39, 0.29) is 6.61 Å². The fraction of sp³-hybridized carbons (Fsp3) is 0.333. The predicted octanol–water partition coefficient (Wildman–Crippen LogP) is 1.96. The molecule has 0 saturated carbocycles. The van der Waals surface area contributed by atoms with E-state index in [1.807, 2.05) is 6.07 Å². The van der Waals surface area contributed by atoms with Gasteiger partial charge in [0.1, 0.15) is 0 Å². The summed E-state index contributed by atoms with van der Waals surface area (Å²) in [5.74, 6) is 1.32. The molecule has 1 aromatic carbocycles. The first-order valence-electron chi connectivity index (χ1n) is 6.58. The van der Waals surface area contributed by atoms with E-state index in [1.54, 1.807) is 12.4 Å². The predicted molar refractivity (Wildman–Crippen MR) is 74.0 cm³/mol. The highest BCUT2D eigenvalue weighted by molar-refractivity contribution is 5.35. The lowest BCUT2D eigenvalue weighted by Gasteiger charge is -2.16. The Hall–Kier alpha value is -1.94. The van der Waals surface area contributed by atoms with Crippen LogP contribution in [0.1, 0.15) is 23.5 Å². The molecule has 1 saturated heterocycles. The lowest BCUT2D eigenvalue weighted by Crippen LogP contribution is -2.21. The van der Waals surface area contributed by atoms with Gasteiger partial charge in [0.2, 0.25) is 5.95 Å². The average Bonchev–Trinajstić information content (AvgIpc) is 2.98. The molecule has 4 heteroatoms. The molecule has 98 valence electrons. The van der Waals surface area contributed by atoms with Gasteiger partial charge in [0, 0.05) is 37.0 Å². The van der Waals surface area contributed by atoms with Crippen molar-refractivity contribution >= 4 is 5.95 Å². The minimum atomic E-state index is -0.00702. The van der Waals surface area contributed by atoms with Gasteiger partial charge in [-0.25, -0.2) is 9.97 Å². The van der Waals surface area contributed by atoms with Crippen LogP contribution in [-0.4, -0.2) is 28.2 Å². The van der Waals surface area contributed by atoms with Gasteiger partial charge in [-0.15, -0.1) is 0 Å². The van der Waals surface area contributed by atoms with Crippen LogP contribution in [0.2, 0.25) is 0 Å². The number of benzene rings is 1. The minimum Gasteiger partial charge on any atom is -0.392 e. The van der Waals surface area contributed by atoms with E-state index in [0.717, 1.165) is 31.0 Å². The summed E-state index contributed by atoms with van der Waals surface area (Å²) in [5.41, 5.74) is 2.14. The average molecular weight is 255 g/mol. The molecule has 1 aliphatic heterocycles. The molecule has 19 heavy (non-hydrogen) atoms. The highest BCUT2D eigenvalue weighted by atomic mass is 16.3. The molecule has 4 nitrogen and oxygen atoms in total. The van der Waals surface area contributed by atoms with Crippen LogP contribution in [0.4, 0.5) is 5.95 Å². The lowest BCUT2D eigenvalue weighted by atomic mass is 9.99. The van der Waals surface area contributed by atoms with E-state index in [1.165, 1.54) is 5.56 Å². The van der Waals surface area contributed by atoms with E-state index < -0.39 is 0 Å². The largest absolute Gasteiger partial charge is 0.392 e. The normalized spacial score (nSPS) is 18.8. The third-order valence-electron chi connectivity index (χ3n) is 3.62. The van der Waals surface area contributed by atoms with Gasteiger partial charge >= 0.3 is 0 Å². The monoisotopic (exact) mass is 255 g/mol. The van der Waals surface area contributed by atoms with Crippen molar-refractivity contribution in [2.45, 2.75) is 18.9 Å². The summed E-state index contributed by atoms with van der Waals surface area (Å²) in [6.07, 6.45) is 4.52. The maximum Gasteiger partial charge on any atom is 0.225 e. The van der Waals surface area contributed by atoms with E-state index in [0.29, 0.717) is 5.92 Å². The van der Waals surface area contributed by atoms with Crippen LogP contribution >= 0.6 is 0 Å². The van der Waals surface area contributed by atoms with Gasteiger partial charge in [-0.1, -0.05) is 30.3 Å². The highest BCUT2D eigenvalue weighted by Crippen LogP contribution is 2.28. The van der Waals surface area contributed by atoms with Crippen molar-refractivity contribution in [2.75, 3.05) is 18.0 Å². The fourth-order valence-corrected chi connectivity index (χ4v) is 2.53. The van der Waals surface area contributed by atoms with Gasteiger partial charge in [-0.3, -0.25) is 0 Å². The second-order valence-electron chi connectivity index (χ2n) is 4.89. The van der Waals surface area contributed by atoms with Crippen molar-refractivity contribution in [3.05, 3.63) is 53.9 Å². The fourth-order valence-electron chi connectivity index (χ4n) is 2.53. The zero-order valence-electron chi connectivity index (χ0n) is 10.7. The van der Waals surface area contributed by atoms with E-state index in [4.69, 9.17) is 5.11 Å². The van der Waals surface area contributed by atoms with Crippen LogP contribution in [0.25, 0.3) is 0 Å². The van der Waals surface area contributed by atoms with Gasteiger partial charge in [-0.05, 0) is 12.0 Å². The first kappa shape index (κ1) is 12.1. The van der Waals surface area contributed by atoms with Crippen LogP contribution in [0.3, 0.4) is 0 Å². The Morgan fingerprint density at radius 1 is 1.16 bits per heavy atom. The van der Waals surface area contributed by atoms with Gasteiger partial charge in [-0.2, -0.15) is 0 Å². The summed E-state index contributed by atoms with van der Waals surface area (Å²) >= 11 is 0. The zero-order chi connectivity index (χ0) is 13.1. The second kappa shape index (κ2) is 5.36. The van der Waals surface area contributed by atoms with Crippen LogP contribution in [0.5, 0.6) is 0 Å². The Bertz CT molecular complexity index is 527. The SMILES string of the molecule is OCc1cnc(N2CCC(c3ccccc3)C2)nc1. The van der Waals surface area contributed by atoms with Gasteiger partial charge in [0.15, 0.2) is 0 Å². The molecule has 2 heterocycles. The summed E-state index contributed by atoms with van der Waals surface area (Å²) in [5, 5.41) is 8.99. The number of rotatable bonds is 3. The quantitative estimate of drug-likeness (QED) is 0.911. The van der Waals surface area contributed by atoms with Gasteiger partial charge < -0.3 is 10.0 Å². The lowest BCUT2D eigenvalue weighted by molar-refractivity contribution is 0.281. The first-order valence-corrected chi connectivity index (χ1v) is 6.58. The number of aromatic nitrogens is 2. The third-order valence-corrected chi connectivity index (χ3v) is 3.62. The summed E-state index contributed by atoms with van der Waals surface area (Å²) in [4.78, 5) is 10.8. The molecule has 0 spiro atoms. The number of aliphatic hydroxyl groups excluding tert-OH is 1. The van der Waals surface area contributed by atoms with Crippen molar-refractivity contribution in [3.63, 3.8) is 0 Å². The van der Waals surface area contributed by atoms with E-state index in [9.17, 15) is 0 Å². The van der Waals surface area contributed by atoms with Crippen molar-refractivity contribution in [1.29, 1.82) is 0 Å². The van der Waals surface area contributed by atoms with Crippen molar-refractivity contribution in [2.24, 2.45) is 0 Å². The minimum absolute atomic E-state index is 0.00702. The van der Waals surface area contributed by atoms with E-state index >= 15 is 0 Å². The standard InChI is InChI=1S/C15H17N3O/c19-11-12-8-16-15(17-9-12)18-7-6-14(10-18)13-4-2-1-3-5-13/h1-5,8-9,14,19H,6-7,10-11H2. The topological polar surface area (TPSA) is 49.3 Å². The molecule has 0 bridgehead atoms. The number of hydrogen-bond donors (Lipinski definition) is 1. The highest BCUT2D eigenvalue weighted by Gasteiger charge is 2.25. The molecule has 1 aliphatic rings. The molecule has 1 unspecified atom stereocenters. The smallest absolute Gasteiger partial charge is 0.225 e. The summed E-state index contributed by atoms with van der Waals surface area (Å²) in [6, 6.07) is 10.6. The van der Waals surface area contributed by atoms with Gasteiger partial charge in [0.25, 0.3) is 0 Å². The Morgan fingerprint density at radius 2 is 1.89 bits per heavy atom. The molecule has 0 amide bonds. The zero-order valence-corrected chi connectivity index (χ0v) is 10.7. The van der Waals surface area contributed by atoms with Crippen LogP contribution < -0.4 is 4.90 Å². The molecule has 0 radical (unpaired) electrons. The Labute approximate surface area is 112 Å². The Kier molecular flexibility index (Phi) is 3.42. The first-order chi connectivity index (χ1) is 9.36. The van der Waals surface area contributed by atoms with Crippen LogP contribution in [0, 0.1) is 0 Å². The number of hydrogen-bond acceptors (Lipinski definition) is 4. The second-order valence-corrected chi connectivity index (χ2v) is 4.89. The molecule has 1 fully saturated rings. The van der Waals surface area contributed by atoms with Gasteiger partial charge in [0.05, 0.1) is 6.61 Å². The number of aliphatic hydroxyl groups is 1. The number of anilines is 1. The molecular formula is C15H17N3O. The van der Waals surface area contributed by atoms with Crippen molar-refractivity contribution in [3.8, 4) is 0 Å². The molecular weight excluding hydrogens is 238 g/mol. The van der Waals surface area contributed by atoms with Crippen molar-refractivity contribution in [1.82, 2.24) is 9.97 Å². The molecule has 3 rings (SSSR count). The number of nitrogens with zero attached hydrogens (tertiary/aromatic N) is 3. The molecule has 0 aliphatic carbocycles. The maximum absolute atomic E-state index is 8.99. The molecule has 1 atom stereocenters. The van der Waals surface area contributed by atoms with Crippen LogP contribution in [-0.2, 0) is 6.61 Å². The summed E-state index contributed by atoms with van der Waals surface area (Å²) in [7, 11) is 0. The molecule has 1 aromatic heterocycles. The summed E-state index contributed by atoms with van der Waals surface area (Å²) < 4.78 is 0. The third kappa shape index (κ3) is 2.58. The summed E-state index contributed by atoms with van der Waals surface area (Å²) in [6.45, 7) is 1.94. The van der Waals surface area contributed by atoms with E-state index in [2.05, 4.69) is 39.1 Å². The Balaban J connectivity index is 1.71. The van der Waals surface area contributed by atoms with Crippen molar-refractivity contribution < 1.29 is 5.11 Å². The molecule has 1 N–H and O–H groups in total. The maximum atomic E-state index is 8.99. The van der Waals surface area contributed by atoms with Crippen LogP contribution in [0.15, 0.2) is 42.7 Å². The Morgan fingerprint density at radius 3 is 2.58 bits per heavy atom.